The lowest BCUT2D eigenvalue weighted by Crippen LogP contribution is -2.03. The zero-order chi connectivity index (χ0) is 18.7. The topological polar surface area (TPSA) is 57.3 Å². The third-order valence-corrected chi connectivity index (χ3v) is 4.13. The lowest BCUT2D eigenvalue weighted by molar-refractivity contribution is 0.103. The van der Waals surface area contributed by atoms with Crippen LogP contribution in [0.4, 0.5) is 0 Å². The van der Waals surface area contributed by atoms with Gasteiger partial charge in [0.05, 0.1) is 10.7 Å². The first kappa shape index (κ1) is 18.3. The van der Waals surface area contributed by atoms with E-state index >= 15 is 0 Å². The summed E-state index contributed by atoms with van der Waals surface area (Å²) in [6, 6.07) is 10.3. The molecule has 0 saturated carbocycles. The maximum Gasteiger partial charge on any atom is 0.203 e. The molecular weight excluding hydrogens is 375 g/mol. The molecule has 26 heavy (non-hydrogen) atoms. The summed E-state index contributed by atoms with van der Waals surface area (Å²) in [5, 5.41) is 5.13. The summed E-state index contributed by atoms with van der Waals surface area (Å²) in [5.41, 5.74) is 1.31. The van der Waals surface area contributed by atoms with Gasteiger partial charge in [-0.3, -0.25) is 9.48 Å². The number of halogens is 2. The Hall–Kier alpha value is -2.50. The summed E-state index contributed by atoms with van der Waals surface area (Å²) in [7, 11) is 1.73. The second-order valence-corrected chi connectivity index (χ2v) is 6.50. The summed E-state index contributed by atoms with van der Waals surface area (Å²) >= 11 is 11.9. The van der Waals surface area contributed by atoms with E-state index in [0.717, 1.165) is 5.69 Å². The van der Waals surface area contributed by atoms with E-state index in [-0.39, 0.29) is 12.4 Å². The Labute approximate surface area is 160 Å². The van der Waals surface area contributed by atoms with Gasteiger partial charge in [0.2, 0.25) is 5.78 Å². The minimum absolute atomic E-state index is 0.143. The van der Waals surface area contributed by atoms with E-state index in [1.165, 1.54) is 6.08 Å². The largest absolute Gasteiger partial charge is 0.484 e. The molecule has 134 valence electrons. The number of nitrogens with zero attached hydrogens (tertiary/aromatic N) is 2. The molecule has 2 aromatic heterocycles. The van der Waals surface area contributed by atoms with Crippen LogP contribution >= 0.6 is 23.2 Å². The van der Waals surface area contributed by atoms with E-state index in [0.29, 0.717) is 33.0 Å². The van der Waals surface area contributed by atoms with Gasteiger partial charge in [0.15, 0.2) is 0 Å². The van der Waals surface area contributed by atoms with Crippen LogP contribution in [0.3, 0.4) is 0 Å². The number of aryl methyl sites for hydroxylation is 2. The third kappa shape index (κ3) is 4.36. The number of hydrogen-bond donors (Lipinski definition) is 0. The van der Waals surface area contributed by atoms with Crippen LogP contribution in [0.15, 0.2) is 46.9 Å². The minimum atomic E-state index is -0.143. The smallest absolute Gasteiger partial charge is 0.203 e. The molecule has 1 aromatic carbocycles. The Kier molecular flexibility index (Phi) is 5.49. The predicted molar refractivity (Wildman–Crippen MR) is 101 cm³/mol. The van der Waals surface area contributed by atoms with E-state index in [4.69, 9.17) is 32.4 Å². The van der Waals surface area contributed by atoms with Crippen molar-refractivity contribution in [1.82, 2.24) is 9.78 Å². The number of hydrogen-bond acceptors (Lipinski definition) is 4. The molecular formula is C19H16Cl2N2O3. The monoisotopic (exact) mass is 390 g/mol. The van der Waals surface area contributed by atoms with Crippen LogP contribution in [0.5, 0.6) is 5.75 Å². The highest BCUT2D eigenvalue weighted by Crippen LogP contribution is 2.28. The van der Waals surface area contributed by atoms with Gasteiger partial charge in [-0.15, -0.1) is 0 Å². The Morgan fingerprint density at radius 1 is 1.27 bits per heavy atom. The number of ketones is 1. The molecule has 0 spiro atoms. The Morgan fingerprint density at radius 3 is 2.77 bits per heavy atom. The molecule has 0 amide bonds. The molecule has 3 rings (SSSR count). The van der Waals surface area contributed by atoms with Crippen molar-refractivity contribution in [3.8, 4) is 5.75 Å². The molecule has 0 unspecified atom stereocenters. The van der Waals surface area contributed by atoms with Crippen molar-refractivity contribution in [3.05, 3.63) is 75.4 Å². The van der Waals surface area contributed by atoms with Crippen molar-refractivity contribution in [2.45, 2.75) is 13.5 Å². The Bertz CT molecular complexity index is 973. The van der Waals surface area contributed by atoms with Crippen LogP contribution in [-0.2, 0) is 13.7 Å². The first-order valence-electron chi connectivity index (χ1n) is 7.82. The highest BCUT2D eigenvalue weighted by Gasteiger charge is 2.09. The van der Waals surface area contributed by atoms with E-state index in [1.54, 1.807) is 54.2 Å². The predicted octanol–water partition coefficient (Wildman–Crippen LogP) is 5.10. The molecule has 0 fully saturated rings. The molecule has 0 saturated heterocycles. The zero-order valence-corrected chi connectivity index (χ0v) is 15.7. The summed E-state index contributed by atoms with van der Waals surface area (Å²) < 4.78 is 12.8. The number of furan rings is 1. The molecule has 0 aliphatic rings. The minimum Gasteiger partial charge on any atom is -0.484 e. The fourth-order valence-corrected chi connectivity index (χ4v) is 2.85. The molecule has 0 N–H and O–H groups in total. The summed E-state index contributed by atoms with van der Waals surface area (Å²) in [4.78, 5) is 12.2. The van der Waals surface area contributed by atoms with Crippen molar-refractivity contribution in [3.63, 3.8) is 0 Å². The summed E-state index contributed by atoms with van der Waals surface area (Å²) in [6.07, 6.45) is 3.07. The van der Waals surface area contributed by atoms with E-state index in [9.17, 15) is 4.79 Å². The molecule has 0 bridgehead atoms. The van der Waals surface area contributed by atoms with Crippen molar-refractivity contribution in [2.75, 3.05) is 0 Å². The van der Waals surface area contributed by atoms with Gasteiger partial charge in [0.1, 0.15) is 29.6 Å². The Morgan fingerprint density at radius 2 is 2.08 bits per heavy atom. The van der Waals surface area contributed by atoms with Gasteiger partial charge in [-0.05, 0) is 55.5 Å². The first-order valence-corrected chi connectivity index (χ1v) is 8.57. The number of carbonyl (C=O) groups excluding carboxylic acids is 1. The van der Waals surface area contributed by atoms with E-state index in [2.05, 4.69) is 5.10 Å². The molecule has 2 heterocycles. The van der Waals surface area contributed by atoms with Gasteiger partial charge in [0, 0.05) is 12.1 Å². The Balaban J connectivity index is 1.62. The van der Waals surface area contributed by atoms with Gasteiger partial charge in [0.25, 0.3) is 0 Å². The van der Waals surface area contributed by atoms with Crippen LogP contribution in [0.25, 0.3) is 6.08 Å². The van der Waals surface area contributed by atoms with Crippen LogP contribution in [0, 0.1) is 6.92 Å². The maximum absolute atomic E-state index is 12.2. The SMILES string of the molecule is Cc1cc(C(=O)/C=C\c2ccc(COc3ccc(Cl)cc3Cl)o2)n(C)n1. The number of benzene rings is 1. The number of rotatable bonds is 6. The second-order valence-electron chi connectivity index (χ2n) is 5.66. The van der Waals surface area contributed by atoms with Crippen LogP contribution < -0.4 is 4.74 Å². The number of carbonyl (C=O) groups is 1. The number of allylic oxidation sites excluding steroid dienone is 1. The van der Waals surface area contributed by atoms with Crippen LogP contribution in [0.1, 0.15) is 27.7 Å². The third-order valence-electron chi connectivity index (χ3n) is 3.60. The van der Waals surface area contributed by atoms with Crippen molar-refractivity contribution in [2.24, 2.45) is 7.05 Å². The highest BCUT2D eigenvalue weighted by atomic mass is 35.5. The maximum atomic E-state index is 12.2. The lowest BCUT2D eigenvalue weighted by Gasteiger charge is -2.06. The lowest BCUT2D eigenvalue weighted by atomic mass is 10.2. The standard InChI is InChI=1S/C19H16Cl2N2O3/c1-12-9-17(23(2)22-12)18(24)7-6-14-4-5-15(26-14)11-25-19-8-3-13(20)10-16(19)21/h3-10H,11H2,1-2H3/b7-6-. The number of aromatic nitrogens is 2. The van der Waals surface area contributed by atoms with Crippen molar-refractivity contribution in [1.29, 1.82) is 0 Å². The van der Waals surface area contributed by atoms with Gasteiger partial charge in [-0.1, -0.05) is 23.2 Å². The van der Waals surface area contributed by atoms with Gasteiger partial charge >= 0.3 is 0 Å². The fourth-order valence-electron chi connectivity index (χ4n) is 2.39. The highest BCUT2D eigenvalue weighted by molar-refractivity contribution is 6.35. The molecule has 0 aliphatic heterocycles. The molecule has 7 heteroatoms. The van der Waals surface area contributed by atoms with Gasteiger partial charge in [-0.25, -0.2) is 0 Å². The molecule has 0 radical (unpaired) electrons. The summed E-state index contributed by atoms with van der Waals surface area (Å²) in [6.45, 7) is 2.05. The quantitative estimate of drug-likeness (QED) is 0.433. The van der Waals surface area contributed by atoms with Crippen molar-refractivity contribution >= 4 is 35.1 Å². The molecule has 3 aromatic rings. The van der Waals surface area contributed by atoms with E-state index < -0.39 is 0 Å². The molecule has 5 nitrogen and oxygen atoms in total. The summed E-state index contributed by atoms with van der Waals surface area (Å²) in [5.74, 6) is 1.54. The van der Waals surface area contributed by atoms with Crippen LogP contribution in [0.2, 0.25) is 10.0 Å². The van der Waals surface area contributed by atoms with Gasteiger partial charge in [-0.2, -0.15) is 5.10 Å². The molecule has 0 atom stereocenters. The van der Waals surface area contributed by atoms with Crippen molar-refractivity contribution < 1.29 is 13.9 Å². The average Bonchev–Trinajstić information content (AvgIpc) is 3.18. The first-order chi connectivity index (χ1) is 12.4. The zero-order valence-electron chi connectivity index (χ0n) is 14.2. The normalized spacial score (nSPS) is 11.2. The number of ether oxygens (including phenoxy) is 1. The molecule has 0 aliphatic carbocycles. The fraction of sp³-hybridized carbons (Fsp3) is 0.158. The van der Waals surface area contributed by atoms with Crippen LogP contribution in [-0.4, -0.2) is 15.6 Å². The average molecular weight is 391 g/mol. The van der Waals surface area contributed by atoms with E-state index in [1.807, 2.05) is 6.92 Å². The second kappa shape index (κ2) is 7.81. The van der Waals surface area contributed by atoms with Gasteiger partial charge < -0.3 is 9.15 Å².